The molecular formula is C26H23N. The largest absolute Gasteiger partial charge is 0.355 e. The van der Waals surface area contributed by atoms with Crippen molar-refractivity contribution in [2.75, 3.05) is 5.32 Å². The van der Waals surface area contributed by atoms with Crippen LogP contribution < -0.4 is 5.32 Å². The molecule has 0 aliphatic rings. The zero-order valence-corrected chi connectivity index (χ0v) is 15.7. The summed E-state index contributed by atoms with van der Waals surface area (Å²) in [5, 5.41) is 3.52. The molecule has 0 aliphatic heterocycles. The van der Waals surface area contributed by atoms with Crippen molar-refractivity contribution in [2.45, 2.75) is 13.8 Å². The van der Waals surface area contributed by atoms with E-state index in [1.807, 2.05) is 0 Å². The maximum atomic E-state index is 3.52. The molecule has 4 aromatic carbocycles. The molecule has 132 valence electrons. The molecule has 0 fully saturated rings. The van der Waals surface area contributed by atoms with Crippen LogP contribution in [0.3, 0.4) is 0 Å². The minimum absolute atomic E-state index is 1.10. The summed E-state index contributed by atoms with van der Waals surface area (Å²) in [7, 11) is 0. The van der Waals surface area contributed by atoms with Gasteiger partial charge < -0.3 is 5.32 Å². The Morgan fingerprint density at radius 2 is 1.15 bits per heavy atom. The van der Waals surface area contributed by atoms with E-state index in [-0.39, 0.29) is 0 Å². The van der Waals surface area contributed by atoms with E-state index in [4.69, 9.17) is 0 Å². The van der Waals surface area contributed by atoms with Gasteiger partial charge in [-0.15, -0.1) is 0 Å². The van der Waals surface area contributed by atoms with Gasteiger partial charge in [0.2, 0.25) is 0 Å². The van der Waals surface area contributed by atoms with E-state index in [1.54, 1.807) is 0 Å². The third-order valence-electron chi connectivity index (χ3n) is 4.85. The van der Waals surface area contributed by atoms with Crippen LogP contribution >= 0.6 is 0 Å². The molecule has 4 aromatic rings. The summed E-state index contributed by atoms with van der Waals surface area (Å²) in [6.07, 6.45) is 0. The lowest BCUT2D eigenvalue weighted by Gasteiger charge is -2.11. The van der Waals surface area contributed by atoms with Gasteiger partial charge in [0.05, 0.1) is 0 Å². The highest BCUT2D eigenvalue weighted by Crippen LogP contribution is 2.28. The predicted octanol–water partition coefficient (Wildman–Crippen LogP) is 7.38. The van der Waals surface area contributed by atoms with Crippen molar-refractivity contribution >= 4 is 11.4 Å². The highest BCUT2D eigenvalue weighted by Gasteiger charge is 2.03. The molecule has 0 aromatic heterocycles. The fraction of sp³-hybridized carbons (Fsp3) is 0.0769. The minimum Gasteiger partial charge on any atom is -0.355 e. The fourth-order valence-corrected chi connectivity index (χ4v) is 3.36. The molecular weight excluding hydrogens is 326 g/mol. The van der Waals surface area contributed by atoms with E-state index in [1.165, 1.54) is 33.4 Å². The van der Waals surface area contributed by atoms with Gasteiger partial charge in [0.15, 0.2) is 0 Å². The van der Waals surface area contributed by atoms with E-state index < -0.39 is 0 Å². The summed E-state index contributed by atoms with van der Waals surface area (Å²) in [5.41, 5.74) is 9.73. The number of hydrogen-bond acceptors (Lipinski definition) is 1. The van der Waals surface area contributed by atoms with Gasteiger partial charge >= 0.3 is 0 Å². The first-order chi connectivity index (χ1) is 13.2. The van der Waals surface area contributed by atoms with Crippen molar-refractivity contribution in [2.24, 2.45) is 0 Å². The Morgan fingerprint density at radius 3 is 1.81 bits per heavy atom. The number of anilines is 2. The normalized spacial score (nSPS) is 10.6. The van der Waals surface area contributed by atoms with Gasteiger partial charge in [-0.1, -0.05) is 78.4 Å². The summed E-state index contributed by atoms with van der Waals surface area (Å²) in [6, 6.07) is 34.3. The minimum atomic E-state index is 1.10. The lowest BCUT2D eigenvalue weighted by Crippen LogP contribution is -1.93. The van der Waals surface area contributed by atoms with Crippen LogP contribution in [-0.4, -0.2) is 0 Å². The highest BCUT2D eigenvalue weighted by atomic mass is 14.9. The molecule has 4 rings (SSSR count). The van der Waals surface area contributed by atoms with Crippen LogP contribution in [0.5, 0.6) is 0 Å². The summed E-state index contributed by atoms with van der Waals surface area (Å²) in [6.45, 7) is 4.26. The van der Waals surface area contributed by atoms with E-state index >= 15 is 0 Å². The molecule has 0 unspecified atom stereocenters. The molecule has 0 atom stereocenters. The van der Waals surface area contributed by atoms with E-state index in [9.17, 15) is 0 Å². The standard InChI is InChI=1S/C26H23N/c1-19-11-16-26(20(2)17-19)27-25-14-12-22(13-15-25)24-10-6-9-23(18-24)21-7-4-3-5-8-21/h3-18,27H,1-2H3. The lowest BCUT2D eigenvalue weighted by atomic mass is 9.99. The average Bonchev–Trinajstić information content (AvgIpc) is 2.71. The number of aryl methyl sites for hydroxylation is 2. The zero-order valence-electron chi connectivity index (χ0n) is 15.7. The van der Waals surface area contributed by atoms with E-state index in [2.05, 4.69) is 116 Å². The molecule has 0 saturated heterocycles. The Kier molecular flexibility index (Phi) is 4.76. The predicted molar refractivity (Wildman–Crippen MR) is 117 cm³/mol. The van der Waals surface area contributed by atoms with Gasteiger partial charge in [0, 0.05) is 11.4 Å². The number of benzene rings is 4. The molecule has 0 spiro atoms. The maximum absolute atomic E-state index is 3.52. The summed E-state index contributed by atoms with van der Waals surface area (Å²) in [4.78, 5) is 0. The topological polar surface area (TPSA) is 12.0 Å². The first-order valence-electron chi connectivity index (χ1n) is 9.29. The van der Waals surface area contributed by atoms with Crippen molar-refractivity contribution in [3.8, 4) is 22.3 Å². The van der Waals surface area contributed by atoms with Crippen LogP contribution in [0.25, 0.3) is 22.3 Å². The van der Waals surface area contributed by atoms with Crippen LogP contribution in [0.15, 0.2) is 97.1 Å². The molecule has 0 bridgehead atoms. The molecule has 0 aliphatic carbocycles. The monoisotopic (exact) mass is 349 g/mol. The highest BCUT2D eigenvalue weighted by molar-refractivity contribution is 5.74. The zero-order chi connectivity index (χ0) is 18.6. The molecule has 0 amide bonds. The van der Waals surface area contributed by atoms with Gasteiger partial charge in [0.1, 0.15) is 0 Å². The Bertz CT molecular complexity index is 1050. The molecule has 1 nitrogen and oxygen atoms in total. The van der Waals surface area contributed by atoms with Crippen LogP contribution in [0.2, 0.25) is 0 Å². The maximum Gasteiger partial charge on any atom is 0.0414 e. The summed E-state index contributed by atoms with van der Waals surface area (Å²) in [5.74, 6) is 0. The van der Waals surface area contributed by atoms with Crippen LogP contribution in [-0.2, 0) is 0 Å². The summed E-state index contributed by atoms with van der Waals surface area (Å²) >= 11 is 0. The Hall–Kier alpha value is -3.32. The number of rotatable bonds is 4. The molecule has 27 heavy (non-hydrogen) atoms. The third kappa shape index (κ3) is 3.93. The van der Waals surface area contributed by atoms with E-state index in [0.717, 1.165) is 11.4 Å². The molecule has 1 heteroatoms. The van der Waals surface area contributed by atoms with Gasteiger partial charge in [-0.3, -0.25) is 0 Å². The van der Waals surface area contributed by atoms with Crippen molar-refractivity contribution in [1.29, 1.82) is 0 Å². The second-order valence-electron chi connectivity index (χ2n) is 6.97. The van der Waals surface area contributed by atoms with Crippen LogP contribution in [0.4, 0.5) is 11.4 Å². The SMILES string of the molecule is Cc1ccc(Nc2ccc(-c3cccc(-c4ccccc4)c3)cc2)c(C)c1. The average molecular weight is 349 g/mol. The van der Waals surface area contributed by atoms with Crippen LogP contribution in [0.1, 0.15) is 11.1 Å². The number of nitrogens with one attached hydrogen (secondary N) is 1. The first kappa shape index (κ1) is 17.1. The third-order valence-corrected chi connectivity index (χ3v) is 4.85. The second-order valence-corrected chi connectivity index (χ2v) is 6.97. The van der Waals surface area contributed by atoms with Crippen LogP contribution in [0, 0.1) is 13.8 Å². The fourth-order valence-electron chi connectivity index (χ4n) is 3.36. The molecule has 1 N–H and O–H groups in total. The molecule has 0 heterocycles. The lowest BCUT2D eigenvalue weighted by molar-refractivity contribution is 1.37. The van der Waals surface area contributed by atoms with Crippen molar-refractivity contribution in [3.63, 3.8) is 0 Å². The molecule has 0 saturated carbocycles. The first-order valence-corrected chi connectivity index (χ1v) is 9.29. The van der Waals surface area contributed by atoms with Gasteiger partial charge in [0.25, 0.3) is 0 Å². The summed E-state index contributed by atoms with van der Waals surface area (Å²) < 4.78 is 0. The quantitative estimate of drug-likeness (QED) is 0.405. The number of hydrogen-bond donors (Lipinski definition) is 1. The van der Waals surface area contributed by atoms with Gasteiger partial charge in [-0.2, -0.15) is 0 Å². The van der Waals surface area contributed by atoms with Gasteiger partial charge in [-0.25, -0.2) is 0 Å². The smallest absolute Gasteiger partial charge is 0.0414 e. The Labute approximate surface area is 161 Å². The van der Waals surface area contributed by atoms with Crippen molar-refractivity contribution in [1.82, 2.24) is 0 Å². The second kappa shape index (κ2) is 7.51. The van der Waals surface area contributed by atoms with Crippen molar-refractivity contribution < 1.29 is 0 Å². The molecule has 0 radical (unpaired) electrons. The Balaban J connectivity index is 1.57. The van der Waals surface area contributed by atoms with E-state index in [0.29, 0.717) is 0 Å². The Morgan fingerprint density at radius 1 is 0.519 bits per heavy atom. The van der Waals surface area contributed by atoms with Crippen molar-refractivity contribution in [3.05, 3.63) is 108 Å². The van der Waals surface area contributed by atoms with Gasteiger partial charge in [-0.05, 0) is 65.9 Å².